The Morgan fingerprint density at radius 2 is 2.05 bits per heavy atom. The number of thiazole rings is 1. The number of nitrogens with one attached hydrogen (secondary N) is 1. The average molecular weight is 373 g/mol. The molecule has 3 nitrogen and oxygen atoms in total. The van der Waals surface area contributed by atoms with Crippen LogP contribution in [0.2, 0.25) is 9.36 Å². The number of carbonyl (C=O) groups excluding carboxylic acids is 1. The van der Waals surface area contributed by atoms with Gasteiger partial charge in [-0.05, 0) is 30.3 Å². The van der Waals surface area contributed by atoms with E-state index in [4.69, 9.17) is 23.2 Å². The minimum absolute atomic E-state index is 0.0549. The molecule has 0 atom stereocenters. The Bertz CT molecular complexity index is 847. The zero-order valence-electron chi connectivity index (χ0n) is 10.8. The van der Waals surface area contributed by atoms with E-state index in [0.717, 1.165) is 16.6 Å². The van der Waals surface area contributed by atoms with Crippen LogP contribution in [0.5, 0.6) is 0 Å². The van der Waals surface area contributed by atoms with Gasteiger partial charge in [0.15, 0.2) is 5.13 Å². The summed E-state index contributed by atoms with van der Waals surface area (Å²) in [6.07, 6.45) is 0. The molecule has 0 spiro atoms. The van der Waals surface area contributed by atoms with Gasteiger partial charge in [-0.3, -0.25) is 10.1 Å². The lowest BCUT2D eigenvalue weighted by Crippen LogP contribution is -2.12. The molecule has 0 aliphatic heterocycles. The first-order valence-electron chi connectivity index (χ1n) is 6.00. The first kappa shape index (κ1) is 15.4. The number of hydrogen-bond acceptors (Lipinski definition) is 4. The second-order valence-corrected chi connectivity index (χ2v) is 7.20. The van der Waals surface area contributed by atoms with Crippen molar-refractivity contribution in [3.8, 4) is 10.6 Å². The number of amides is 1. The third-order valence-corrected chi connectivity index (χ3v) is 5.05. The van der Waals surface area contributed by atoms with Crippen molar-refractivity contribution in [2.45, 2.75) is 0 Å². The molecule has 8 heteroatoms. The Morgan fingerprint density at radius 3 is 2.73 bits per heavy atom. The summed E-state index contributed by atoms with van der Waals surface area (Å²) >= 11 is 14.5. The van der Waals surface area contributed by atoms with Crippen LogP contribution in [0.25, 0.3) is 10.6 Å². The van der Waals surface area contributed by atoms with Crippen LogP contribution in [0.15, 0.2) is 35.7 Å². The lowest BCUT2D eigenvalue weighted by atomic mass is 10.2. The lowest BCUT2D eigenvalue weighted by molar-refractivity contribution is 0.102. The number of thiophene rings is 1. The first-order valence-corrected chi connectivity index (χ1v) is 8.46. The van der Waals surface area contributed by atoms with Crippen LogP contribution in [-0.4, -0.2) is 10.9 Å². The van der Waals surface area contributed by atoms with Gasteiger partial charge in [-0.2, -0.15) is 0 Å². The van der Waals surface area contributed by atoms with Crippen molar-refractivity contribution in [1.29, 1.82) is 0 Å². The van der Waals surface area contributed by atoms with Gasteiger partial charge in [0, 0.05) is 5.38 Å². The van der Waals surface area contributed by atoms with Crippen molar-refractivity contribution in [3.05, 3.63) is 56.5 Å². The van der Waals surface area contributed by atoms with Crippen LogP contribution in [-0.2, 0) is 0 Å². The molecule has 0 radical (unpaired) electrons. The third kappa shape index (κ3) is 3.30. The maximum Gasteiger partial charge on any atom is 0.258 e. The molecule has 112 valence electrons. The fourth-order valence-corrected chi connectivity index (χ4v) is 3.77. The number of benzene rings is 1. The lowest BCUT2D eigenvalue weighted by Gasteiger charge is -2.03. The van der Waals surface area contributed by atoms with E-state index in [0.29, 0.717) is 9.47 Å². The largest absolute Gasteiger partial charge is 0.298 e. The van der Waals surface area contributed by atoms with Crippen molar-refractivity contribution >= 4 is 56.9 Å². The average Bonchev–Trinajstić information content (AvgIpc) is 3.07. The molecule has 1 N–H and O–H groups in total. The summed E-state index contributed by atoms with van der Waals surface area (Å²) in [5, 5.41) is 4.96. The highest BCUT2D eigenvalue weighted by Gasteiger charge is 2.14. The number of halogens is 3. The Hall–Kier alpha value is -1.47. The number of carbonyl (C=O) groups is 1. The number of hydrogen-bond donors (Lipinski definition) is 1. The van der Waals surface area contributed by atoms with Crippen molar-refractivity contribution in [1.82, 2.24) is 4.98 Å². The minimum Gasteiger partial charge on any atom is -0.298 e. The topological polar surface area (TPSA) is 42.0 Å². The molecule has 1 aromatic carbocycles. The van der Waals surface area contributed by atoms with E-state index in [1.54, 1.807) is 6.07 Å². The number of rotatable bonds is 3. The number of anilines is 1. The fraction of sp³-hybridized carbons (Fsp3) is 0. The zero-order valence-corrected chi connectivity index (χ0v) is 13.9. The van der Waals surface area contributed by atoms with Crippen LogP contribution >= 0.6 is 45.9 Å². The predicted octanol–water partition coefficient (Wildman–Crippen LogP) is 5.57. The van der Waals surface area contributed by atoms with E-state index < -0.39 is 11.7 Å². The SMILES string of the molecule is O=C(Nc1nc(-c2ccc(Cl)s2)cs1)c1ccc(F)cc1Cl. The molecule has 0 saturated carbocycles. The number of aromatic nitrogens is 1. The maximum absolute atomic E-state index is 13.0. The molecule has 0 aliphatic carbocycles. The Balaban J connectivity index is 1.79. The molecular formula is C14H7Cl2FN2OS2. The first-order chi connectivity index (χ1) is 10.5. The summed E-state index contributed by atoms with van der Waals surface area (Å²) < 4.78 is 13.7. The third-order valence-electron chi connectivity index (χ3n) is 2.73. The Morgan fingerprint density at radius 1 is 1.23 bits per heavy atom. The van der Waals surface area contributed by atoms with E-state index in [-0.39, 0.29) is 10.6 Å². The molecule has 3 aromatic rings. The van der Waals surface area contributed by atoms with E-state index >= 15 is 0 Å². The summed E-state index contributed by atoms with van der Waals surface area (Å²) in [5.74, 6) is -0.928. The summed E-state index contributed by atoms with van der Waals surface area (Å²) in [4.78, 5) is 17.4. The van der Waals surface area contributed by atoms with Crippen LogP contribution in [0.4, 0.5) is 9.52 Å². The van der Waals surface area contributed by atoms with Gasteiger partial charge in [0.2, 0.25) is 0 Å². The second kappa shape index (κ2) is 6.34. The van der Waals surface area contributed by atoms with Crippen LogP contribution in [0, 0.1) is 5.82 Å². The van der Waals surface area contributed by atoms with Crippen LogP contribution < -0.4 is 5.32 Å². The van der Waals surface area contributed by atoms with Crippen molar-refractivity contribution in [2.75, 3.05) is 5.32 Å². The smallest absolute Gasteiger partial charge is 0.258 e. The van der Waals surface area contributed by atoms with Gasteiger partial charge < -0.3 is 0 Å². The fourth-order valence-electron chi connectivity index (χ4n) is 1.73. The summed E-state index contributed by atoms with van der Waals surface area (Å²) in [6, 6.07) is 7.27. The number of nitrogens with zero attached hydrogens (tertiary/aromatic N) is 1. The molecule has 3 rings (SSSR count). The van der Waals surface area contributed by atoms with Gasteiger partial charge in [0.1, 0.15) is 5.82 Å². The minimum atomic E-state index is -0.493. The molecule has 0 aliphatic rings. The predicted molar refractivity (Wildman–Crippen MR) is 89.8 cm³/mol. The van der Waals surface area contributed by atoms with Gasteiger partial charge in [-0.25, -0.2) is 9.37 Å². The highest BCUT2D eigenvalue weighted by molar-refractivity contribution is 7.20. The monoisotopic (exact) mass is 372 g/mol. The van der Waals surface area contributed by atoms with Crippen molar-refractivity contribution in [2.24, 2.45) is 0 Å². The molecule has 2 aromatic heterocycles. The van der Waals surface area contributed by atoms with E-state index in [1.807, 2.05) is 11.4 Å². The summed E-state index contributed by atoms with van der Waals surface area (Å²) in [5.41, 5.74) is 0.932. The highest BCUT2D eigenvalue weighted by atomic mass is 35.5. The molecule has 2 heterocycles. The molecule has 0 bridgehead atoms. The Labute approximate surface area is 143 Å². The molecule has 22 heavy (non-hydrogen) atoms. The molecular weight excluding hydrogens is 366 g/mol. The molecule has 0 saturated heterocycles. The van der Waals surface area contributed by atoms with Gasteiger partial charge in [0.05, 0.1) is 25.5 Å². The standard InChI is InChI=1S/C14H7Cl2FN2OS2/c15-9-5-7(17)1-2-8(9)13(20)19-14-18-10(6-21-14)11-3-4-12(16)22-11/h1-6H,(H,18,19,20). The second-order valence-electron chi connectivity index (χ2n) is 4.22. The van der Waals surface area contributed by atoms with E-state index in [2.05, 4.69) is 10.3 Å². The van der Waals surface area contributed by atoms with Crippen molar-refractivity contribution < 1.29 is 9.18 Å². The maximum atomic E-state index is 13.0. The van der Waals surface area contributed by atoms with Crippen molar-refractivity contribution in [3.63, 3.8) is 0 Å². The quantitative estimate of drug-likeness (QED) is 0.652. The van der Waals surface area contributed by atoms with Gasteiger partial charge >= 0.3 is 0 Å². The Kier molecular flexibility index (Phi) is 4.44. The van der Waals surface area contributed by atoms with E-state index in [1.165, 1.54) is 34.8 Å². The zero-order chi connectivity index (χ0) is 15.7. The molecule has 0 fully saturated rings. The highest BCUT2D eigenvalue weighted by Crippen LogP contribution is 2.33. The normalized spacial score (nSPS) is 10.7. The van der Waals surface area contributed by atoms with E-state index in [9.17, 15) is 9.18 Å². The van der Waals surface area contributed by atoms with Gasteiger partial charge in [0.25, 0.3) is 5.91 Å². The summed E-state index contributed by atoms with van der Waals surface area (Å²) in [6.45, 7) is 0. The van der Waals surface area contributed by atoms with Crippen LogP contribution in [0.1, 0.15) is 10.4 Å². The summed E-state index contributed by atoms with van der Waals surface area (Å²) in [7, 11) is 0. The molecule has 0 unspecified atom stereocenters. The van der Waals surface area contributed by atoms with Crippen LogP contribution in [0.3, 0.4) is 0 Å². The van der Waals surface area contributed by atoms with Gasteiger partial charge in [-0.1, -0.05) is 23.2 Å². The molecule has 1 amide bonds. The van der Waals surface area contributed by atoms with Gasteiger partial charge in [-0.15, -0.1) is 22.7 Å².